The van der Waals surface area contributed by atoms with E-state index in [4.69, 9.17) is 34.0 Å². The number of hydrogen-bond donors (Lipinski definition) is 3. The maximum atomic E-state index is 8.61. The average molecular weight is 404 g/mol. The molecule has 7 heteroatoms. The van der Waals surface area contributed by atoms with Crippen LogP contribution >= 0.6 is 47.2 Å². The number of rotatable bonds is 4. The fraction of sp³-hybridized carbons (Fsp3) is 0.364. The summed E-state index contributed by atoms with van der Waals surface area (Å²) in [6.45, 7) is 2.16. The highest BCUT2D eigenvalue weighted by Gasteiger charge is 2.10. The number of aliphatic imine (C=N–C) groups is 1. The summed E-state index contributed by atoms with van der Waals surface area (Å²) >= 11 is 11.9. The standard InChI is InChI=1S/C11H15Cl2N3O.HI/c1-7(16-11(14)15-4-5-17)9-3-2-8(12)6-10(9)13;/h2-3,6-7,17H,4-5H2,1H3,(H3,14,15,16);1H. The number of nitrogens with one attached hydrogen (secondary N) is 1. The van der Waals surface area contributed by atoms with E-state index in [0.717, 1.165) is 5.56 Å². The van der Waals surface area contributed by atoms with Crippen LogP contribution in [0, 0.1) is 0 Å². The number of nitrogens with zero attached hydrogens (tertiary/aromatic N) is 1. The molecule has 0 aromatic heterocycles. The molecule has 102 valence electrons. The van der Waals surface area contributed by atoms with Crippen LogP contribution in [0.5, 0.6) is 0 Å². The first-order valence-electron chi connectivity index (χ1n) is 5.17. The summed E-state index contributed by atoms with van der Waals surface area (Å²) in [5.74, 6) is 0.276. The third-order valence-corrected chi connectivity index (χ3v) is 2.74. The lowest BCUT2D eigenvalue weighted by Crippen LogP contribution is -2.34. The number of hydrogen-bond acceptors (Lipinski definition) is 2. The van der Waals surface area contributed by atoms with Gasteiger partial charge in [0.15, 0.2) is 5.96 Å². The molecule has 0 bridgehead atoms. The van der Waals surface area contributed by atoms with Crippen molar-refractivity contribution < 1.29 is 5.11 Å². The quantitative estimate of drug-likeness (QED) is 0.411. The normalized spacial score (nSPS) is 12.8. The van der Waals surface area contributed by atoms with Gasteiger partial charge in [-0.1, -0.05) is 29.3 Å². The van der Waals surface area contributed by atoms with Gasteiger partial charge in [0.25, 0.3) is 0 Å². The van der Waals surface area contributed by atoms with Crippen molar-refractivity contribution in [3.63, 3.8) is 0 Å². The van der Waals surface area contributed by atoms with Gasteiger partial charge in [-0.2, -0.15) is 0 Å². The highest BCUT2D eigenvalue weighted by molar-refractivity contribution is 14.0. The van der Waals surface area contributed by atoms with Crippen LogP contribution < -0.4 is 11.1 Å². The molecule has 0 saturated carbocycles. The Morgan fingerprint density at radius 3 is 2.72 bits per heavy atom. The molecule has 1 aromatic rings. The minimum atomic E-state index is -0.0813. The van der Waals surface area contributed by atoms with Gasteiger partial charge in [-0.25, -0.2) is 0 Å². The molecule has 1 unspecified atom stereocenters. The largest absolute Gasteiger partial charge is 0.394 e. The second-order valence-electron chi connectivity index (χ2n) is 3.52. The molecule has 0 radical (unpaired) electrons. The molecule has 0 fully saturated rings. The number of aliphatic hydroxyl groups excluding tert-OH is 1. The average Bonchev–Trinajstić information content (AvgIpc) is 2.26. The van der Waals surface area contributed by atoms with Crippen molar-refractivity contribution >= 4 is 53.1 Å². The van der Waals surface area contributed by atoms with Gasteiger partial charge < -0.3 is 16.2 Å². The molecule has 0 saturated heterocycles. The third-order valence-electron chi connectivity index (χ3n) is 2.18. The van der Waals surface area contributed by atoms with Crippen molar-refractivity contribution in [3.8, 4) is 0 Å². The van der Waals surface area contributed by atoms with Crippen LogP contribution in [-0.2, 0) is 0 Å². The Labute approximate surface area is 134 Å². The molecule has 4 N–H and O–H groups in total. The first-order valence-corrected chi connectivity index (χ1v) is 5.92. The van der Waals surface area contributed by atoms with Crippen molar-refractivity contribution in [1.82, 2.24) is 5.32 Å². The predicted molar refractivity (Wildman–Crippen MR) is 87.0 cm³/mol. The Hall–Kier alpha value is -0.240. The molecule has 1 aromatic carbocycles. The van der Waals surface area contributed by atoms with E-state index in [-0.39, 0.29) is 49.1 Å². The van der Waals surface area contributed by atoms with Gasteiger partial charge in [0, 0.05) is 10.0 Å². The Morgan fingerprint density at radius 2 is 2.17 bits per heavy atom. The van der Waals surface area contributed by atoms with Gasteiger partial charge in [0.05, 0.1) is 19.2 Å². The van der Waals surface area contributed by atoms with Crippen molar-refractivity contribution in [1.29, 1.82) is 0 Å². The van der Waals surface area contributed by atoms with Gasteiger partial charge in [0.1, 0.15) is 0 Å². The highest BCUT2D eigenvalue weighted by atomic mass is 127. The number of nitrogens with two attached hydrogens (primary N) is 1. The smallest absolute Gasteiger partial charge is 0.189 e. The molecule has 0 aliphatic carbocycles. The first-order chi connectivity index (χ1) is 8.04. The van der Waals surface area contributed by atoms with Gasteiger partial charge >= 0.3 is 0 Å². The molecule has 1 rings (SSSR count). The maximum absolute atomic E-state index is 8.61. The maximum Gasteiger partial charge on any atom is 0.189 e. The Morgan fingerprint density at radius 1 is 1.50 bits per heavy atom. The zero-order chi connectivity index (χ0) is 12.8. The summed E-state index contributed by atoms with van der Waals surface area (Å²) in [7, 11) is 0. The summed E-state index contributed by atoms with van der Waals surface area (Å²) in [5, 5.41) is 12.8. The van der Waals surface area contributed by atoms with Crippen LogP contribution in [0.15, 0.2) is 23.2 Å². The van der Waals surface area contributed by atoms with Crippen LogP contribution in [0.25, 0.3) is 0 Å². The number of aliphatic hydroxyl groups is 1. The van der Waals surface area contributed by atoms with E-state index in [1.807, 2.05) is 13.0 Å². The predicted octanol–water partition coefficient (Wildman–Crippen LogP) is 2.57. The Kier molecular flexibility index (Phi) is 8.67. The van der Waals surface area contributed by atoms with Gasteiger partial charge in [-0.3, -0.25) is 4.99 Å². The summed E-state index contributed by atoms with van der Waals surface area (Å²) in [6, 6.07) is 5.20. The fourth-order valence-corrected chi connectivity index (χ4v) is 1.94. The summed E-state index contributed by atoms with van der Waals surface area (Å²) in [6.07, 6.45) is 0. The third kappa shape index (κ3) is 5.60. The monoisotopic (exact) mass is 403 g/mol. The minimum Gasteiger partial charge on any atom is -0.394 e. The summed E-state index contributed by atoms with van der Waals surface area (Å²) in [4.78, 5) is 3.92. The second-order valence-corrected chi connectivity index (χ2v) is 4.37. The molecule has 0 amide bonds. The zero-order valence-electron chi connectivity index (χ0n) is 9.86. The molecule has 18 heavy (non-hydrogen) atoms. The van der Waals surface area contributed by atoms with Crippen LogP contribution in [0.3, 0.4) is 0 Å². The van der Waals surface area contributed by atoms with Crippen LogP contribution in [0.4, 0.5) is 0 Å². The Bertz CT molecular complexity index is 415. The van der Waals surface area contributed by atoms with Gasteiger partial charge in [-0.15, -0.1) is 24.0 Å². The van der Waals surface area contributed by atoms with Crippen LogP contribution in [0.2, 0.25) is 10.0 Å². The fourth-order valence-electron chi connectivity index (χ4n) is 1.37. The van der Waals surface area contributed by atoms with Crippen molar-refractivity contribution in [3.05, 3.63) is 33.8 Å². The SMILES string of the molecule is CC(NC(N)=NCCO)c1ccc(Cl)cc1Cl.I. The molecule has 0 spiro atoms. The molecule has 0 aliphatic heterocycles. The Balaban J connectivity index is 0.00000289. The first kappa shape index (κ1) is 17.8. The molecular formula is C11H16Cl2IN3O. The number of halogens is 3. The van der Waals surface area contributed by atoms with E-state index in [9.17, 15) is 0 Å². The summed E-state index contributed by atoms with van der Waals surface area (Å²) in [5.41, 5.74) is 6.52. The van der Waals surface area contributed by atoms with E-state index in [1.165, 1.54) is 0 Å². The van der Waals surface area contributed by atoms with E-state index >= 15 is 0 Å². The van der Waals surface area contributed by atoms with Gasteiger partial charge in [0.2, 0.25) is 0 Å². The lowest BCUT2D eigenvalue weighted by atomic mass is 10.1. The molecule has 0 aliphatic rings. The second kappa shape index (κ2) is 8.79. The van der Waals surface area contributed by atoms with E-state index < -0.39 is 0 Å². The van der Waals surface area contributed by atoms with Crippen LogP contribution in [-0.4, -0.2) is 24.2 Å². The van der Waals surface area contributed by atoms with Crippen molar-refractivity contribution in [2.45, 2.75) is 13.0 Å². The van der Waals surface area contributed by atoms with Crippen molar-refractivity contribution in [2.24, 2.45) is 10.7 Å². The topological polar surface area (TPSA) is 70.6 Å². The lowest BCUT2D eigenvalue weighted by molar-refractivity contribution is 0.306. The highest BCUT2D eigenvalue weighted by Crippen LogP contribution is 2.25. The van der Waals surface area contributed by atoms with E-state index in [1.54, 1.807) is 12.1 Å². The molecular weight excluding hydrogens is 388 g/mol. The van der Waals surface area contributed by atoms with E-state index in [2.05, 4.69) is 10.3 Å². The molecule has 0 heterocycles. The minimum absolute atomic E-state index is 0. The zero-order valence-corrected chi connectivity index (χ0v) is 13.7. The molecule has 1 atom stereocenters. The van der Waals surface area contributed by atoms with E-state index in [0.29, 0.717) is 10.0 Å². The lowest BCUT2D eigenvalue weighted by Gasteiger charge is -2.16. The van der Waals surface area contributed by atoms with Gasteiger partial charge in [-0.05, 0) is 24.6 Å². The number of benzene rings is 1. The summed E-state index contributed by atoms with van der Waals surface area (Å²) < 4.78 is 0. The van der Waals surface area contributed by atoms with Crippen molar-refractivity contribution in [2.75, 3.05) is 13.2 Å². The molecule has 4 nitrogen and oxygen atoms in total. The van der Waals surface area contributed by atoms with Crippen LogP contribution in [0.1, 0.15) is 18.5 Å². The number of guanidine groups is 1.